The molecule has 0 spiro atoms. The fourth-order valence-corrected chi connectivity index (χ4v) is 2.90. The molecule has 0 aliphatic heterocycles. The van der Waals surface area contributed by atoms with E-state index in [9.17, 15) is 4.79 Å². The summed E-state index contributed by atoms with van der Waals surface area (Å²) in [7, 11) is 0. The molecule has 0 fully saturated rings. The molecule has 2 aromatic carbocycles. The number of nitrogens with one attached hydrogen (secondary N) is 2. The number of H-pyrrole nitrogens is 1. The summed E-state index contributed by atoms with van der Waals surface area (Å²) < 4.78 is 0. The molecule has 1 amide bonds. The van der Waals surface area contributed by atoms with Gasteiger partial charge in [-0.05, 0) is 29.8 Å². The van der Waals surface area contributed by atoms with E-state index < -0.39 is 5.91 Å². The molecule has 7 nitrogen and oxygen atoms in total. The van der Waals surface area contributed by atoms with Crippen LogP contribution in [0.4, 0.5) is 17.6 Å². The Labute approximate surface area is 147 Å². The molecule has 0 saturated heterocycles. The van der Waals surface area contributed by atoms with Crippen molar-refractivity contribution in [1.82, 2.24) is 15.2 Å². The Morgan fingerprint density at radius 3 is 2.58 bits per heavy atom. The van der Waals surface area contributed by atoms with Gasteiger partial charge in [0.25, 0.3) is 0 Å². The number of aromatic nitrogens is 3. The largest absolute Gasteiger partial charge is 0.368 e. The Morgan fingerprint density at radius 2 is 2.00 bits per heavy atom. The summed E-state index contributed by atoms with van der Waals surface area (Å²) in [5, 5.41) is 9.97. The Bertz CT molecular complexity index is 901. The minimum Gasteiger partial charge on any atom is -0.368 e. The molecule has 0 unspecified atom stereocenters. The number of primary amides is 1. The van der Waals surface area contributed by atoms with Crippen molar-refractivity contribution in [1.29, 1.82) is 0 Å². The van der Waals surface area contributed by atoms with Crippen LogP contribution in [-0.2, 0) is 0 Å². The lowest BCUT2D eigenvalue weighted by atomic mass is 9.99. The third-order valence-electron chi connectivity index (χ3n) is 3.20. The van der Waals surface area contributed by atoms with Crippen molar-refractivity contribution < 1.29 is 4.79 Å². The van der Waals surface area contributed by atoms with E-state index in [-0.39, 0.29) is 17.5 Å². The number of anilines is 3. The van der Waals surface area contributed by atoms with Crippen LogP contribution in [0.3, 0.4) is 0 Å². The lowest BCUT2D eigenvalue weighted by Crippen LogP contribution is -2.12. The molecule has 0 aliphatic carbocycles. The number of hydrogen-bond donors (Lipinski definition) is 4. The van der Waals surface area contributed by atoms with Gasteiger partial charge in [-0.3, -0.25) is 4.79 Å². The number of hydrogen-bond acceptors (Lipinski definition) is 5. The van der Waals surface area contributed by atoms with Gasteiger partial charge in [0.15, 0.2) is 0 Å². The number of halogens is 2. The Kier molecular flexibility index (Phi) is 4.28. The van der Waals surface area contributed by atoms with Gasteiger partial charge < -0.3 is 16.8 Å². The second-order valence-electron chi connectivity index (χ2n) is 4.82. The van der Waals surface area contributed by atoms with Gasteiger partial charge >= 0.3 is 0 Å². The summed E-state index contributed by atoms with van der Waals surface area (Å²) in [5.41, 5.74) is 12.7. The Hall–Kier alpha value is -2.77. The number of nitrogens with two attached hydrogens (primary N) is 2. The number of carbonyl (C=O) groups excluding carboxylic acids is 1. The summed E-state index contributed by atoms with van der Waals surface area (Å²) in [6, 6.07) is 10.9. The van der Waals surface area contributed by atoms with Crippen molar-refractivity contribution in [2.24, 2.45) is 5.73 Å². The highest BCUT2D eigenvalue weighted by atomic mass is 35.5. The molecule has 0 atom stereocenters. The fourth-order valence-electron chi connectivity index (χ4n) is 2.21. The zero-order valence-corrected chi connectivity index (χ0v) is 13.6. The van der Waals surface area contributed by atoms with Crippen LogP contribution >= 0.6 is 23.2 Å². The minimum absolute atomic E-state index is 0.179. The predicted octanol–water partition coefficient (Wildman–Crippen LogP) is 3.00. The van der Waals surface area contributed by atoms with Crippen molar-refractivity contribution in [3.63, 3.8) is 0 Å². The Morgan fingerprint density at radius 1 is 1.29 bits per heavy atom. The number of amides is 1. The second kappa shape index (κ2) is 6.38. The molecule has 6 N–H and O–H groups in total. The summed E-state index contributed by atoms with van der Waals surface area (Å²) >= 11 is 12.7. The quantitative estimate of drug-likeness (QED) is 0.568. The number of benzene rings is 2. The van der Waals surface area contributed by atoms with Gasteiger partial charge in [-0.1, -0.05) is 35.3 Å². The maximum absolute atomic E-state index is 11.6. The highest BCUT2D eigenvalue weighted by molar-refractivity contribution is 6.40. The monoisotopic (exact) mass is 361 g/mol. The molecule has 0 saturated carbocycles. The zero-order chi connectivity index (χ0) is 17.3. The van der Waals surface area contributed by atoms with Gasteiger partial charge in [-0.2, -0.15) is 4.98 Å². The maximum Gasteiger partial charge on any atom is 0.249 e. The van der Waals surface area contributed by atoms with Crippen LogP contribution in [0.5, 0.6) is 0 Å². The number of nitrogens with zero attached hydrogens (tertiary/aromatic N) is 2. The molecule has 1 aromatic heterocycles. The molecular weight excluding hydrogens is 351 g/mol. The normalized spacial score (nSPS) is 10.6. The highest BCUT2D eigenvalue weighted by Gasteiger charge is 2.16. The van der Waals surface area contributed by atoms with Gasteiger partial charge in [0, 0.05) is 16.8 Å². The molecule has 0 aliphatic rings. The van der Waals surface area contributed by atoms with Crippen LogP contribution in [0.1, 0.15) is 10.4 Å². The third kappa shape index (κ3) is 3.12. The molecule has 9 heteroatoms. The van der Waals surface area contributed by atoms with E-state index in [1.807, 2.05) is 0 Å². The van der Waals surface area contributed by atoms with Crippen LogP contribution in [0.2, 0.25) is 10.0 Å². The first-order valence-corrected chi connectivity index (χ1v) is 7.45. The van der Waals surface area contributed by atoms with Crippen molar-refractivity contribution in [3.8, 4) is 11.1 Å². The first kappa shape index (κ1) is 16.1. The SMILES string of the molecule is NC(=O)c1c[c]ccc1-c1c(Cl)cc(Nc2n[nH]c(N)n2)cc1Cl. The van der Waals surface area contributed by atoms with Gasteiger partial charge in [-0.15, -0.1) is 5.10 Å². The van der Waals surface area contributed by atoms with Gasteiger partial charge in [0.2, 0.25) is 17.8 Å². The lowest BCUT2D eigenvalue weighted by molar-refractivity contribution is 0.100. The molecule has 3 rings (SSSR count). The minimum atomic E-state index is -0.590. The first-order chi connectivity index (χ1) is 11.5. The third-order valence-corrected chi connectivity index (χ3v) is 3.80. The van der Waals surface area contributed by atoms with E-state index in [1.165, 1.54) is 6.07 Å². The van der Waals surface area contributed by atoms with E-state index in [4.69, 9.17) is 34.7 Å². The molecule has 0 bridgehead atoms. The number of rotatable bonds is 4. The molecule has 3 aromatic rings. The van der Waals surface area contributed by atoms with Gasteiger partial charge in [0.1, 0.15) is 0 Å². The van der Waals surface area contributed by atoms with Gasteiger partial charge in [-0.25, -0.2) is 5.10 Å². The first-order valence-electron chi connectivity index (χ1n) is 6.70. The number of nitrogen functional groups attached to an aromatic ring is 1. The van der Waals surface area contributed by atoms with Crippen LogP contribution < -0.4 is 16.8 Å². The lowest BCUT2D eigenvalue weighted by Gasteiger charge is -2.13. The van der Waals surface area contributed by atoms with E-state index in [2.05, 4.69) is 26.6 Å². The summed E-state index contributed by atoms with van der Waals surface area (Å²) in [6.45, 7) is 0. The van der Waals surface area contributed by atoms with E-state index in [0.29, 0.717) is 26.9 Å². The topological polar surface area (TPSA) is 123 Å². The average molecular weight is 362 g/mol. The van der Waals surface area contributed by atoms with Crippen LogP contribution in [0.15, 0.2) is 30.3 Å². The fraction of sp³-hybridized carbons (Fsp3) is 0. The van der Waals surface area contributed by atoms with Crippen LogP contribution in [0.25, 0.3) is 11.1 Å². The van der Waals surface area contributed by atoms with Crippen molar-refractivity contribution >= 4 is 46.7 Å². The summed E-state index contributed by atoms with van der Waals surface area (Å²) in [6.07, 6.45) is 0. The maximum atomic E-state index is 11.6. The van der Waals surface area contributed by atoms with E-state index in [0.717, 1.165) is 0 Å². The molecule has 24 heavy (non-hydrogen) atoms. The molecule has 121 valence electrons. The van der Waals surface area contributed by atoms with Crippen molar-refractivity contribution in [3.05, 3.63) is 52.0 Å². The average Bonchev–Trinajstić information content (AvgIpc) is 2.92. The Balaban J connectivity index is 2.04. The zero-order valence-electron chi connectivity index (χ0n) is 12.1. The smallest absolute Gasteiger partial charge is 0.249 e. The number of carbonyl (C=O) groups is 1. The van der Waals surface area contributed by atoms with E-state index >= 15 is 0 Å². The van der Waals surface area contributed by atoms with E-state index in [1.54, 1.807) is 24.3 Å². The van der Waals surface area contributed by atoms with Crippen LogP contribution in [0, 0.1) is 6.07 Å². The van der Waals surface area contributed by atoms with Crippen molar-refractivity contribution in [2.75, 3.05) is 11.1 Å². The summed E-state index contributed by atoms with van der Waals surface area (Å²) in [4.78, 5) is 15.5. The predicted molar refractivity (Wildman–Crippen MR) is 93.3 cm³/mol. The van der Waals surface area contributed by atoms with Gasteiger partial charge in [0.05, 0.1) is 10.0 Å². The molecular formula is C15H11Cl2N6O. The standard InChI is InChI=1S/C15H11Cl2N6O/c16-10-5-7(20-15-21-14(19)22-23-15)6-11(17)12(10)8-3-1-2-4-9(8)13(18)24/h1,3-6H,(H2,18,24)(H4,19,20,21,22,23). The molecule has 1 heterocycles. The molecule has 1 radical (unpaired) electrons. The van der Waals surface area contributed by atoms with Crippen LogP contribution in [-0.4, -0.2) is 21.1 Å². The van der Waals surface area contributed by atoms with Crippen molar-refractivity contribution in [2.45, 2.75) is 0 Å². The number of aromatic amines is 1. The highest BCUT2D eigenvalue weighted by Crippen LogP contribution is 2.39. The summed E-state index contributed by atoms with van der Waals surface area (Å²) in [5.74, 6) is -0.134. The second-order valence-corrected chi connectivity index (χ2v) is 5.63.